The Balaban J connectivity index is 2.05. The molecule has 56 valence electrons. The van der Waals surface area contributed by atoms with Gasteiger partial charge in [0.1, 0.15) is 0 Å². The maximum atomic E-state index is 10.3. The summed E-state index contributed by atoms with van der Waals surface area (Å²) in [6, 6.07) is 0.114. The van der Waals surface area contributed by atoms with E-state index in [1.165, 1.54) is 0 Å². The SMILES string of the molecule is O=C(O)CCC1CC(=O)N1. The molecule has 0 bridgehead atoms. The van der Waals surface area contributed by atoms with Crippen LogP contribution in [0.3, 0.4) is 0 Å². The summed E-state index contributed by atoms with van der Waals surface area (Å²) >= 11 is 0. The maximum Gasteiger partial charge on any atom is 0.303 e. The van der Waals surface area contributed by atoms with Crippen molar-refractivity contribution in [2.24, 2.45) is 0 Å². The van der Waals surface area contributed by atoms with Gasteiger partial charge in [0.2, 0.25) is 5.91 Å². The molecular weight excluding hydrogens is 134 g/mol. The largest absolute Gasteiger partial charge is 0.481 e. The van der Waals surface area contributed by atoms with E-state index in [-0.39, 0.29) is 18.4 Å². The van der Waals surface area contributed by atoms with Crippen LogP contribution in [0.1, 0.15) is 19.3 Å². The van der Waals surface area contributed by atoms with Crippen LogP contribution >= 0.6 is 0 Å². The normalized spacial score (nSPS) is 23.2. The van der Waals surface area contributed by atoms with Crippen LogP contribution in [0.4, 0.5) is 0 Å². The number of hydrogen-bond acceptors (Lipinski definition) is 2. The third-order valence-corrected chi connectivity index (χ3v) is 1.50. The Bertz CT molecular complexity index is 158. The van der Waals surface area contributed by atoms with Crippen molar-refractivity contribution >= 4 is 11.9 Å². The molecule has 0 aromatic heterocycles. The predicted molar refractivity (Wildman–Crippen MR) is 33.4 cm³/mol. The molecule has 0 aromatic rings. The Kier molecular flexibility index (Phi) is 1.89. The van der Waals surface area contributed by atoms with E-state index in [1.54, 1.807) is 0 Å². The van der Waals surface area contributed by atoms with Crippen molar-refractivity contribution in [1.29, 1.82) is 0 Å². The number of carboxylic acids is 1. The molecule has 1 amide bonds. The molecule has 1 unspecified atom stereocenters. The lowest BCUT2D eigenvalue weighted by atomic mass is 10.0. The minimum atomic E-state index is -0.804. The van der Waals surface area contributed by atoms with Crippen LogP contribution in [-0.2, 0) is 9.59 Å². The molecule has 0 aromatic carbocycles. The van der Waals surface area contributed by atoms with Crippen molar-refractivity contribution in [3.63, 3.8) is 0 Å². The first kappa shape index (κ1) is 7.05. The van der Waals surface area contributed by atoms with Crippen molar-refractivity contribution in [3.05, 3.63) is 0 Å². The molecule has 1 aliphatic rings. The van der Waals surface area contributed by atoms with Crippen LogP contribution < -0.4 is 5.32 Å². The smallest absolute Gasteiger partial charge is 0.303 e. The molecule has 1 aliphatic heterocycles. The van der Waals surface area contributed by atoms with Crippen LogP contribution in [0.15, 0.2) is 0 Å². The maximum absolute atomic E-state index is 10.3. The van der Waals surface area contributed by atoms with Gasteiger partial charge >= 0.3 is 5.97 Å². The molecule has 10 heavy (non-hydrogen) atoms. The van der Waals surface area contributed by atoms with Crippen LogP contribution in [0.25, 0.3) is 0 Å². The second kappa shape index (κ2) is 2.68. The quantitative estimate of drug-likeness (QED) is 0.535. The Morgan fingerprint density at radius 1 is 1.80 bits per heavy atom. The summed E-state index contributed by atoms with van der Waals surface area (Å²) < 4.78 is 0. The number of rotatable bonds is 3. The number of carboxylic acid groups (broad SMARTS) is 1. The Labute approximate surface area is 58.2 Å². The van der Waals surface area contributed by atoms with Gasteiger partial charge in [0.15, 0.2) is 0 Å². The number of aliphatic carboxylic acids is 1. The minimum Gasteiger partial charge on any atom is -0.481 e. The molecule has 0 spiro atoms. The first-order valence-corrected chi connectivity index (χ1v) is 3.19. The van der Waals surface area contributed by atoms with Crippen molar-refractivity contribution in [2.75, 3.05) is 0 Å². The summed E-state index contributed by atoms with van der Waals surface area (Å²) in [4.78, 5) is 20.3. The molecule has 1 fully saturated rings. The lowest BCUT2D eigenvalue weighted by Crippen LogP contribution is -2.48. The van der Waals surface area contributed by atoms with E-state index in [0.717, 1.165) is 0 Å². The first-order valence-electron chi connectivity index (χ1n) is 3.19. The second-order valence-corrected chi connectivity index (χ2v) is 2.40. The minimum absolute atomic E-state index is 0.0235. The van der Waals surface area contributed by atoms with E-state index in [4.69, 9.17) is 5.11 Å². The number of carbonyl (C=O) groups is 2. The third-order valence-electron chi connectivity index (χ3n) is 1.50. The van der Waals surface area contributed by atoms with Crippen molar-refractivity contribution in [1.82, 2.24) is 5.32 Å². The standard InChI is InChI=1S/C6H9NO3/c8-5-3-4(7-5)1-2-6(9)10/h4H,1-3H2,(H,7,8)(H,9,10). The number of hydrogen-bond donors (Lipinski definition) is 2. The lowest BCUT2D eigenvalue weighted by Gasteiger charge is -2.25. The number of amides is 1. The van der Waals surface area contributed by atoms with Gasteiger partial charge in [0.05, 0.1) is 0 Å². The molecule has 1 rings (SSSR count). The number of carbonyl (C=O) groups excluding carboxylic acids is 1. The highest BCUT2D eigenvalue weighted by Crippen LogP contribution is 2.09. The van der Waals surface area contributed by atoms with Crippen molar-refractivity contribution in [2.45, 2.75) is 25.3 Å². The first-order chi connectivity index (χ1) is 4.68. The summed E-state index contributed by atoms with van der Waals surface area (Å²) in [5.41, 5.74) is 0. The van der Waals surface area contributed by atoms with Gasteiger partial charge in [-0.15, -0.1) is 0 Å². The van der Waals surface area contributed by atoms with Gasteiger partial charge in [-0.3, -0.25) is 9.59 Å². The van der Waals surface area contributed by atoms with Gasteiger partial charge in [-0.25, -0.2) is 0 Å². The average molecular weight is 143 g/mol. The van der Waals surface area contributed by atoms with E-state index in [0.29, 0.717) is 12.8 Å². The highest BCUT2D eigenvalue weighted by atomic mass is 16.4. The molecule has 2 N–H and O–H groups in total. The highest BCUT2D eigenvalue weighted by Gasteiger charge is 2.24. The molecule has 1 saturated heterocycles. The summed E-state index contributed by atoms with van der Waals surface area (Å²) in [7, 11) is 0. The van der Waals surface area contributed by atoms with E-state index in [1.807, 2.05) is 0 Å². The fourth-order valence-corrected chi connectivity index (χ4v) is 0.902. The third kappa shape index (κ3) is 1.72. The van der Waals surface area contributed by atoms with Crippen molar-refractivity contribution in [3.8, 4) is 0 Å². The molecule has 0 saturated carbocycles. The Morgan fingerprint density at radius 2 is 2.40 bits per heavy atom. The van der Waals surface area contributed by atoms with Crippen LogP contribution in [0, 0.1) is 0 Å². The molecule has 1 atom stereocenters. The zero-order valence-corrected chi connectivity index (χ0v) is 5.46. The molecular formula is C6H9NO3. The fourth-order valence-electron chi connectivity index (χ4n) is 0.902. The van der Waals surface area contributed by atoms with Gasteiger partial charge in [-0.05, 0) is 6.42 Å². The number of β-lactam (4-membered cyclic amide) rings is 1. The second-order valence-electron chi connectivity index (χ2n) is 2.40. The number of nitrogens with one attached hydrogen (secondary N) is 1. The van der Waals surface area contributed by atoms with Crippen LogP contribution in [-0.4, -0.2) is 23.0 Å². The van der Waals surface area contributed by atoms with Gasteiger partial charge in [-0.2, -0.15) is 0 Å². The molecule has 0 aliphatic carbocycles. The van der Waals surface area contributed by atoms with Crippen LogP contribution in [0.5, 0.6) is 0 Å². The highest BCUT2D eigenvalue weighted by molar-refractivity contribution is 5.82. The van der Waals surface area contributed by atoms with E-state index >= 15 is 0 Å². The average Bonchev–Trinajstić information content (AvgIpc) is 1.77. The van der Waals surface area contributed by atoms with E-state index in [2.05, 4.69) is 5.32 Å². The monoisotopic (exact) mass is 143 g/mol. The Morgan fingerprint density at radius 3 is 2.80 bits per heavy atom. The summed E-state index contributed by atoms with van der Waals surface area (Å²) in [6.07, 6.45) is 1.19. The predicted octanol–water partition coefficient (Wildman–Crippen LogP) is -0.260. The molecule has 1 heterocycles. The van der Waals surface area contributed by atoms with Gasteiger partial charge in [-0.1, -0.05) is 0 Å². The van der Waals surface area contributed by atoms with Crippen LogP contribution in [0.2, 0.25) is 0 Å². The van der Waals surface area contributed by atoms with Gasteiger partial charge in [0, 0.05) is 18.9 Å². The van der Waals surface area contributed by atoms with Gasteiger partial charge < -0.3 is 10.4 Å². The fraction of sp³-hybridized carbons (Fsp3) is 0.667. The Hall–Kier alpha value is -1.06. The molecule has 4 heteroatoms. The van der Waals surface area contributed by atoms with E-state index in [9.17, 15) is 9.59 Å². The van der Waals surface area contributed by atoms with E-state index < -0.39 is 5.97 Å². The molecule has 4 nitrogen and oxygen atoms in total. The van der Waals surface area contributed by atoms with Crippen molar-refractivity contribution < 1.29 is 14.7 Å². The summed E-state index contributed by atoms with van der Waals surface area (Å²) in [5.74, 6) is -0.781. The topological polar surface area (TPSA) is 66.4 Å². The lowest BCUT2D eigenvalue weighted by molar-refractivity contribution is -0.138. The zero-order valence-electron chi connectivity index (χ0n) is 5.46. The molecule has 0 radical (unpaired) electrons. The summed E-state index contributed by atoms with van der Waals surface area (Å²) in [6.45, 7) is 0. The van der Waals surface area contributed by atoms with Gasteiger partial charge in [0.25, 0.3) is 0 Å². The summed E-state index contributed by atoms with van der Waals surface area (Å²) in [5, 5.41) is 10.8. The zero-order chi connectivity index (χ0) is 7.56.